The van der Waals surface area contributed by atoms with Crippen LogP contribution in [-0.2, 0) is 4.79 Å². The van der Waals surface area contributed by atoms with E-state index in [4.69, 9.17) is 9.47 Å². The zero-order valence-corrected chi connectivity index (χ0v) is 20.8. The Hall–Kier alpha value is -4.65. The molecule has 0 saturated carbocycles. The Labute approximate surface area is 218 Å². The summed E-state index contributed by atoms with van der Waals surface area (Å²) in [5.74, 6) is -1.78. The summed E-state index contributed by atoms with van der Waals surface area (Å²) >= 11 is 0. The SMILES string of the molecule is CC[C@H](C(=O)Oc1ccc2ccccc2c1N=Nc1c(F)cccc1F)c1ccc2cc(OC)ccc2c1. The molecule has 0 saturated heterocycles. The van der Waals surface area contributed by atoms with Gasteiger partial charge in [0.2, 0.25) is 0 Å². The van der Waals surface area contributed by atoms with Crippen molar-refractivity contribution < 1.29 is 23.0 Å². The number of carbonyl (C=O) groups is 1. The average Bonchev–Trinajstić information content (AvgIpc) is 2.93. The summed E-state index contributed by atoms with van der Waals surface area (Å²) in [6.45, 7) is 1.91. The van der Waals surface area contributed by atoms with Crippen molar-refractivity contribution >= 4 is 38.9 Å². The van der Waals surface area contributed by atoms with Gasteiger partial charge in [0.15, 0.2) is 23.1 Å². The van der Waals surface area contributed by atoms with E-state index in [2.05, 4.69) is 10.2 Å². The highest BCUT2D eigenvalue weighted by atomic mass is 19.1. The lowest BCUT2D eigenvalue weighted by Gasteiger charge is -2.17. The van der Waals surface area contributed by atoms with Gasteiger partial charge in [0.1, 0.15) is 11.4 Å². The second-order valence-corrected chi connectivity index (χ2v) is 8.76. The van der Waals surface area contributed by atoms with Crippen LogP contribution in [0.25, 0.3) is 21.5 Å². The molecule has 0 spiro atoms. The van der Waals surface area contributed by atoms with Gasteiger partial charge in [-0.05, 0) is 58.5 Å². The monoisotopic (exact) mass is 510 g/mol. The van der Waals surface area contributed by atoms with Crippen molar-refractivity contribution in [3.63, 3.8) is 0 Å². The standard InChI is InChI=1S/C31H24F2N2O3/c1-3-24(22-12-11-21-18-23(37-2)15-13-20(21)17-22)31(36)38-28-16-14-19-7-4-5-8-25(19)29(28)34-35-30-26(32)9-6-10-27(30)33/h4-18,24H,3H2,1-2H3/t24-/m0/s1. The van der Waals surface area contributed by atoms with Crippen molar-refractivity contribution in [1.29, 1.82) is 0 Å². The zero-order chi connectivity index (χ0) is 26.6. The van der Waals surface area contributed by atoms with Crippen molar-refractivity contribution in [2.24, 2.45) is 10.2 Å². The van der Waals surface area contributed by atoms with Crippen LogP contribution in [0.1, 0.15) is 24.8 Å². The molecule has 0 aliphatic carbocycles. The van der Waals surface area contributed by atoms with Crippen LogP contribution >= 0.6 is 0 Å². The predicted octanol–water partition coefficient (Wildman–Crippen LogP) is 8.79. The first kappa shape index (κ1) is 25.0. The van der Waals surface area contributed by atoms with Crippen molar-refractivity contribution in [3.05, 3.63) is 108 Å². The van der Waals surface area contributed by atoms with Crippen LogP contribution in [0.15, 0.2) is 101 Å². The fourth-order valence-electron chi connectivity index (χ4n) is 4.41. The van der Waals surface area contributed by atoms with E-state index in [-0.39, 0.29) is 11.4 Å². The molecule has 5 nitrogen and oxygen atoms in total. The maximum Gasteiger partial charge on any atom is 0.318 e. The zero-order valence-electron chi connectivity index (χ0n) is 20.8. The second kappa shape index (κ2) is 10.8. The molecule has 5 aromatic carbocycles. The highest BCUT2D eigenvalue weighted by Gasteiger charge is 2.23. The van der Waals surface area contributed by atoms with E-state index in [9.17, 15) is 13.6 Å². The van der Waals surface area contributed by atoms with Crippen LogP contribution in [-0.4, -0.2) is 13.1 Å². The number of ether oxygens (including phenoxy) is 2. The van der Waals surface area contributed by atoms with Gasteiger partial charge in [0.25, 0.3) is 0 Å². The van der Waals surface area contributed by atoms with Crippen LogP contribution in [0, 0.1) is 11.6 Å². The number of nitrogens with zero attached hydrogens (tertiary/aromatic N) is 2. The van der Waals surface area contributed by atoms with Gasteiger partial charge >= 0.3 is 5.97 Å². The normalized spacial score (nSPS) is 12.2. The number of halogens is 2. The minimum absolute atomic E-state index is 0.151. The topological polar surface area (TPSA) is 60.2 Å². The van der Waals surface area contributed by atoms with Crippen molar-refractivity contribution in [2.45, 2.75) is 19.3 Å². The fraction of sp³-hybridized carbons (Fsp3) is 0.129. The highest BCUT2D eigenvalue weighted by molar-refractivity contribution is 5.97. The summed E-state index contributed by atoms with van der Waals surface area (Å²) in [5.41, 5.74) is 0.504. The Kier molecular flexibility index (Phi) is 7.09. The van der Waals surface area contributed by atoms with E-state index in [0.717, 1.165) is 39.6 Å². The summed E-state index contributed by atoms with van der Waals surface area (Å²) in [5, 5.41) is 11.4. The number of benzene rings is 5. The summed E-state index contributed by atoms with van der Waals surface area (Å²) in [7, 11) is 1.62. The molecule has 0 heterocycles. The molecule has 0 amide bonds. The molecule has 5 aromatic rings. The lowest BCUT2D eigenvalue weighted by atomic mass is 9.94. The molecule has 38 heavy (non-hydrogen) atoms. The van der Waals surface area contributed by atoms with Gasteiger partial charge in [-0.2, -0.15) is 0 Å². The lowest BCUT2D eigenvalue weighted by molar-refractivity contribution is -0.136. The van der Waals surface area contributed by atoms with Crippen LogP contribution in [0.2, 0.25) is 0 Å². The summed E-state index contributed by atoms with van der Waals surface area (Å²) in [4.78, 5) is 13.4. The Bertz CT molecular complexity index is 1660. The number of azo groups is 1. The molecular formula is C31H24F2N2O3. The smallest absolute Gasteiger partial charge is 0.318 e. The highest BCUT2D eigenvalue weighted by Crippen LogP contribution is 2.39. The van der Waals surface area contributed by atoms with Crippen molar-refractivity contribution in [3.8, 4) is 11.5 Å². The third kappa shape index (κ3) is 4.95. The molecule has 0 fully saturated rings. The number of hydrogen-bond donors (Lipinski definition) is 0. The van der Waals surface area contributed by atoms with Crippen molar-refractivity contribution in [2.75, 3.05) is 7.11 Å². The molecule has 0 aliphatic rings. The van der Waals surface area contributed by atoms with Gasteiger partial charge in [-0.3, -0.25) is 4.79 Å². The Morgan fingerprint density at radius 3 is 2.24 bits per heavy atom. The predicted molar refractivity (Wildman–Crippen MR) is 144 cm³/mol. The summed E-state index contributed by atoms with van der Waals surface area (Å²) < 4.78 is 39.5. The van der Waals surface area contributed by atoms with Gasteiger partial charge in [-0.25, -0.2) is 8.78 Å². The maximum atomic E-state index is 14.2. The van der Waals surface area contributed by atoms with Gasteiger partial charge in [-0.15, -0.1) is 10.2 Å². The Morgan fingerprint density at radius 2 is 1.47 bits per heavy atom. The molecule has 5 rings (SSSR count). The van der Waals surface area contributed by atoms with Crippen LogP contribution < -0.4 is 9.47 Å². The fourth-order valence-corrected chi connectivity index (χ4v) is 4.41. The molecule has 0 radical (unpaired) electrons. The average molecular weight is 511 g/mol. The molecule has 0 aromatic heterocycles. The lowest BCUT2D eigenvalue weighted by Crippen LogP contribution is -2.18. The van der Waals surface area contributed by atoms with E-state index < -0.39 is 29.2 Å². The minimum atomic E-state index is -0.840. The molecule has 1 atom stereocenters. The number of esters is 1. The van der Waals surface area contributed by atoms with Gasteiger partial charge in [0.05, 0.1) is 13.0 Å². The second-order valence-electron chi connectivity index (χ2n) is 8.76. The van der Waals surface area contributed by atoms with Crippen molar-refractivity contribution in [1.82, 2.24) is 0 Å². The molecule has 7 heteroatoms. The third-order valence-corrected chi connectivity index (χ3v) is 6.43. The minimum Gasteiger partial charge on any atom is -0.497 e. The van der Waals surface area contributed by atoms with E-state index in [1.54, 1.807) is 31.4 Å². The molecule has 0 bridgehead atoms. The molecule has 190 valence electrons. The first-order valence-corrected chi connectivity index (χ1v) is 12.2. The van der Waals surface area contributed by atoms with Crippen LogP contribution in [0.4, 0.5) is 20.2 Å². The van der Waals surface area contributed by atoms with E-state index in [0.29, 0.717) is 11.8 Å². The largest absolute Gasteiger partial charge is 0.497 e. The number of methoxy groups -OCH3 is 1. The van der Waals surface area contributed by atoms with E-state index in [1.165, 1.54) is 6.07 Å². The van der Waals surface area contributed by atoms with E-state index >= 15 is 0 Å². The summed E-state index contributed by atoms with van der Waals surface area (Å²) in [6, 6.07) is 25.7. The van der Waals surface area contributed by atoms with E-state index in [1.807, 2.05) is 55.5 Å². The number of rotatable bonds is 7. The summed E-state index contributed by atoms with van der Waals surface area (Å²) in [6.07, 6.45) is 0.505. The first-order valence-electron chi connectivity index (χ1n) is 12.2. The van der Waals surface area contributed by atoms with Gasteiger partial charge < -0.3 is 9.47 Å². The van der Waals surface area contributed by atoms with Gasteiger partial charge in [0, 0.05) is 5.39 Å². The Morgan fingerprint density at radius 1 is 0.789 bits per heavy atom. The first-order chi connectivity index (χ1) is 18.5. The van der Waals surface area contributed by atoms with Gasteiger partial charge in [-0.1, -0.05) is 67.6 Å². The molecule has 0 N–H and O–H groups in total. The number of fused-ring (bicyclic) bond motifs is 2. The molecular weight excluding hydrogens is 486 g/mol. The Balaban J connectivity index is 1.51. The van der Waals surface area contributed by atoms with Crippen LogP contribution in [0.5, 0.6) is 11.5 Å². The maximum absolute atomic E-state index is 14.2. The molecule has 0 aliphatic heterocycles. The number of carbonyl (C=O) groups excluding carboxylic acids is 1. The quantitative estimate of drug-likeness (QED) is 0.125. The number of hydrogen-bond acceptors (Lipinski definition) is 5. The third-order valence-electron chi connectivity index (χ3n) is 6.43. The molecule has 0 unspecified atom stereocenters. The van der Waals surface area contributed by atoms with Crippen LogP contribution in [0.3, 0.4) is 0 Å².